The molecule has 1 aliphatic heterocycles. The molecule has 0 radical (unpaired) electrons. The molecule has 3 rings (SSSR count). The summed E-state index contributed by atoms with van der Waals surface area (Å²) in [5.41, 5.74) is 0.0653. The van der Waals surface area contributed by atoms with Gasteiger partial charge in [0, 0.05) is 5.02 Å². The molecule has 2 N–H and O–H groups in total. The van der Waals surface area contributed by atoms with Crippen LogP contribution < -0.4 is 10.6 Å². The lowest BCUT2D eigenvalue weighted by molar-refractivity contribution is -0.136. The van der Waals surface area contributed by atoms with Crippen LogP contribution in [0, 0.1) is 0 Å². The number of halogens is 1. The maximum absolute atomic E-state index is 12.7. The summed E-state index contributed by atoms with van der Waals surface area (Å²) in [5.74, 6) is -0.647. The second-order valence-electron chi connectivity index (χ2n) is 6.81. The van der Waals surface area contributed by atoms with Crippen LogP contribution in [-0.2, 0) is 9.59 Å². The number of benzene rings is 1. The Labute approximate surface area is 151 Å². The Bertz CT molecular complexity index is 701. The summed E-state index contributed by atoms with van der Waals surface area (Å²) in [7, 11) is 0. The molecule has 7 heteroatoms. The highest BCUT2D eigenvalue weighted by molar-refractivity contribution is 6.30. The van der Waals surface area contributed by atoms with Gasteiger partial charge in [-0.2, -0.15) is 0 Å². The van der Waals surface area contributed by atoms with E-state index in [1.54, 1.807) is 12.1 Å². The monoisotopic (exact) mass is 363 g/mol. The van der Waals surface area contributed by atoms with Crippen molar-refractivity contribution in [2.24, 2.45) is 0 Å². The van der Waals surface area contributed by atoms with Gasteiger partial charge in [0.1, 0.15) is 12.1 Å². The Morgan fingerprint density at radius 1 is 1.32 bits per heavy atom. The number of hydrogen-bond donors (Lipinski definition) is 2. The van der Waals surface area contributed by atoms with E-state index in [-0.39, 0.29) is 24.4 Å². The average Bonchev–Trinajstić information content (AvgIpc) is 2.79. The van der Waals surface area contributed by atoms with Gasteiger partial charge in [0.05, 0.1) is 6.04 Å². The molecule has 1 saturated carbocycles. The fourth-order valence-corrected chi connectivity index (χ4v) is 3.80. The minimum absolute atomic E-state index is 0.267. The smallest absolute Gasteiger partial charge is 0.325 e. The number of imide groups is 1. The highest BCUT2D eigenvalue weighted by Gasteiger charge is 2.51. The summed E-state index contributed by atoms with van der Waals surface area (Å²) < 4.78 is 0. The van der Waals surface area contributed by atoms with E-state index in [1.165, 1.54) is 0 Å². The number of amides is 4. The third kappa shape index (κ3) is 3.63. The Morgan fingerprint density at radius 2 is 2.04 bits per heavy atom. The Kier molecular flexibility index (Phi) is 4.99. The van der Waals surface area contributed by atoms with Crippen LogP contribution in [0.4, 0.5) is 4.79 Å². The molecular formula is C18H22ClN3O3. The zero-order valence-electron chi connectivity index (χ0n) is 14.2. The van der Waals surface area contributed by atoms with Crippen LogP contribution in [0.1, 0.15) is 50.6 Å². The van der Waals surface area contributed by atoms with Gasteiger partial charge in [0.25, 0.3) is 5.91 Å². The van der Waals surface area contributed by atoms with Crippen LogP contribution in [0.25, 0.3) is 0 Å². The summed E-state index contributed by atoms with van der Waals surface area (Å²) in [6.07, 6.45) is 4.20. The molecule has 1 atom stereocenters. The van der Waals surface area contributed by atoms with Crippen LogP contribution in [0.3, 0.4) is 0 Å². The van der Waals surface area contributed by atoms with Gasteiger partial charge in [-0.15, -0.1) is 0 Å². The second kappa shape index (κ2) is 7.04. The zero-order valence-corrected chi connectivity index (χ0v) is 14.9. The molecule has 1 heterocycles. The number of nitrogens with zero attached hydrogens (tertiary/aromatic N) is 1. The first-order valence-corrected chi connectivity index (χ1v) is 8.98. The SMILES string of the molecule is C[C@H](NC(=O)CN1C(=O)NC2(CCCCC2)C1=O)c1cccc(Cl)c1. The molecule has 1 aliphatic carbocycles. The topological polar surface area (TPSA) is 78.5 Å². The van der Waals surface area contributed by atoms with Crippen LogP contribution >= 0.6 is 11.6 Å². The van der Waals surface area contributed by atoms with Crippen molar-refractivity contribution in [2.45, 2.75) is 50.6 Å². The van der Waals surface area contributed by atoms with Crippen molar-refractivity contribution in [3.8, 4) is 0 Å². The highest BCUT2D eigenvalue weighted by atomic mass is 35.5. The van der Waals surface area contributed by atoms with Crippen molar-refractivity contribution in [2.75, 3.05) is 6.54 Å². The quantitative estimate of drug-likeness (QED) is 0.807. The third-order valence-electron chi connectivity index (χ3n) is 4.98. The maximum Gasteiger partial charge on any atom is 0.325 e. The van der Waals surface area contributed by atoms with E-state index >= 15 is 0 Å². The van der Waals surface area contributed by atoms with E-state index in [9.17, 15) is 14.4 Å². The molecule has 1 spiro atoms. The fraction of sp³-hybridized carbons (Fsp3) is 0.500. The predicted octanol–water partition coefficient (Wildman–Crippen LogP) is 2.77. The fourth-order valence-electron chi connectivity index (χ4n) is 3.60. The van der Waals surface area contributed by atoms with Gasteiger partial charge in [0.2, 0.25) is 5.91 Å². The van der Waals surface area contributed by atoms with E-state index in [1.807, 2.05) is 19.1 Å². The number of urea groups is 1. The van der Waals surface area contributed by atoms with Crippen molar-refractivity contribution < 1.29 is 14.4 Å². The summed E-state index contributed by atoms with van der Waals surface area (Å²) in [6, 6.07) is 6.47. The molecule has 2 fully saturated rings. The number of nitrogens with one attached hydrogen (secondary N) is 2. The van der Waals surface area contributed by atoms with Crippen molar-refractivity contribution in [3.05, 3.63) is 34.9 Å². The lowest BCUT2D eigenvalue weighted by Crippen LogP contribution is -2.49. The summed E-state index contributed by atoms with van der Waals surface area (Å²) in [4.78, 5) is 38.2. The van der Waals surface area contributed by atoms with E-state index in [2.05, 4.69) is 10.6 Å². The Balaban J connectivity index is 1.62. The highest BCUT2D eigenvalue weighted by Crippen LogP contribution is 2.33. The van der Waals surface area contributed by atoms with Gasteiger partial charge >= 0.3 is 6.03 Å². The van der Waals surface area contributed by atoms with E-state index < -0.39 is 11.6 Å². The molecule has 1 aromatic rings. The molecule has 1 saturated heterocycles. The number of hydrogen-bond acceptors (Lipinski definition) is 3. The van der Waals surface area contributed by atoms with Crippen LogP contribution in [0.5, 0.6) is 0 Å². The molecule has 25 heavy (non-hydrogen) atoms. The van der Waals surface area contributed by atoms with Gasteiger partial charge < -0.3 is 10.6 Å². The lowest BCUT2D eigenvalue weighted by atomic mass is 9.82. The number of rotatable bonds is 4. The maximum atomic E-state index is 12.7. The van der Waals surface area contributed by atoms with Crippen LogP contribution in [0.2, 0.25) is 5.02 Å². The van der Waals surface area contributed by atoms with Crippen LogP contribution in [0.15, 0.2) is 24.3 Å². The standard InChI is InChI=1S/C18H22ClN3O3/c1-12(13-6-5-7-14(19)10-13)20-15(23)11-22-16(24)18(21-17(22)25)8-3-2-4-9-18/h5-7,10,12H,2-4,8-9,11H2,1H3,(H,20,23)(H,21,25)/t12-/m0/s1. The molecule has 2 aliphatic rings. The molecule has 4 amide bonds. The summed E-state index contributed by atoms with van der Waals surface area (Å²) >= 11 is 5.97. The first-order valence-electron chi connectivity index (χ1n) is 8.60. The Hall–Kier alpha value is -2.08. The van der Waals surface area contributed by atoms with Gasteiger partial charge in [-0.05, 0) is 37.5 Å². The van der Waals surface area contributed by atoms with E-state index in [4.69, 9.17) is 11.6 Å². The van der Waals surface area contributed by atoms with E-state index in [0.29, 0.717) is 17.9 Å². The van der Waals surface area contributed by atoms with Gasteiger partial charge in [-0.25, -0.2) is 4.79 Å². The summed E-state index contributed by atoms with van der Waals surface area (Å²) in [6.45, 7) is 1.56. The largest absolute Gasteiger partial charge is 0.348 e. The van der Waals surface area contributed by atoms with Gasteiger partial charge in [-0.1, -0.05) is 43.0 Å². The van der Waals surface area contributed by atoms with Crippen molar-refractivity contribution >= 4 is 29.4 Å². The molecular weight excluding hydrogens is 342 g/mol. The van der Waals surface area contributed by atoms with Crippen molar-refractivity contribution in [1.29, 1.82) is 0 Å². The number of carbonyl (C=O) groups is 3. The molecule has 0 unspecified atom stereocenters. The molecule has 1 aromatic carbocycles. The van der Waals surface area contributed by atoms with Gasteiger partial charge in [0.15, 0.2) is 0 Å². The average molecular weight is 364 g/mol. The van der Waals surface area contributed by atoms with Crippen LogP contribution in [-0.4, -0.2) is 34.8 Å². The first-order chi connectivity index (χ1) is 11.9. The first kappa shape index (κ1) is 17.7. The summed E-state index contributed by atoms with van der Waals surface area (Å²) in [5, 5.41) is 6.21. The zero-order chi connectivity index (χ0) is 18.0. The van der Waals surface area contributed by atoms with E-state index in [0.717, 1.165) is 29.7 Å². The molecule has 0 bridgehead atoms. The predicted molar refractivity (Wildman–Crippen MR) is 94.1 cm³/mol. The van der Waals surface area contributed by atoms with Crippen molar-refractivity contribution in [3.63, 3.8) is 0 Å². The Morgan fingerprint density at radius 3 is 2.72 bits per heavy atom. The minimum atomic E-state index is -0.797. The lowest BCUT2D eigenvalue weighted by Gasteiger charge is -2.30. The molecule has 134 valence electrons. The minimum Gasteiger partial charge on any atom is -0.348 e. The normalized spacial score (nSPS) is 20.5. The number of carbonyl (C=O) groups excluding carboxylic acids is 3. The third-order valence-corrected chi connectivity index (χ3v) is 5.22. The van der Waals surface area contributed by atoms with Gasteiger partial charge in [-0.3, -0.25) is 14.5 Å². The second-order valence-corrected chi connectivity index (χ2v) is 7.24. The molecule has 6 nitrogen and oxygen atoms in total. The molecule has 0 aromatic heterocycles. The van der Waals surface area contributed by atoms with Crippen molar-refractivity contribution in [1.82, 2.24) is 15.5 Å².